The maximum Gasteiger partial charge on any atom is 0.235 e. The van der Waals surface area contributed by atoms with Crippen LogP contribution in [-0.2, 0) is 11.2 Å². The second-order valence-electron chi connectivity index (χ2n) is 6.38. The van der Waals surface area contributed by atoms with Crippen LogP contribution in [0.4, 0.5) is 5.82 Å². The number of rotatable bonds is 6. The molecule has 0 bridgehead atoms. The molecule has 28 heavy (non-hydrogen) atoms. The molecule has 1 saturated heterocycles. The number of benzene rings is 1. The van der Waals surface area contributed by atoms with E-state index in [2.05, 4.69) is 23.5 Å². The number of carbonyl (C=O) groups excluding carboxylic acids is 1. The van der Waals surface area contributed by atoms with Gasteiger partial charge >= 0.3 is 0 Å². The molecule has 2 N–H and O–H groups in total. The van der Waals surface area contributed by atoms with Crippen molar-refractivity contribution in [3.05, 3.63) is 59.0 Å². The van der Waals surface area contributed by atoms with Gasteiger partial charge < -0.3 is 10.6 Å². The molecule has 1 fully saturated rings. The summed E-state index contributed by atoms with van der Waals surface area (Å²) in [6.45, 7) is 3.39. The molecule has 1 aromatic heterocycles. The smallest absolute Gasteiger partial charge is 0.235 e. The molecular weight excluding hydrogens is 370 g/mol. The lowest BCUT2D eigenvalue weighted by atomic mass is 10.0. The number of nitrogens with two attached hydrogens (primary N) is 1. The summed E-state index contributed by atoms with van der Waals surface area (Å²) in [5, 5.41) is 19.3. The quantitative estimate of drug-likeness (QED) is 0.760. The van der Waals surface area contributed by atoms with Crippen LogP contribution in [0.5, 0.6) is 0 Å². The SMILES string of the molecule is CCc1c(C#N)c(SC(C(N)=O)c2ccccc2)nc(N2C[CH]CC2)c1C#N. The van der Waals surface area contributed by atoms with Crippen molar-refractivity contribution in [1.82, 2.24) is 4.98 Å². The number of nitriles is 2. The van der Waals surface area contributed by atoms with Crippen LogP contribution in [0.1, 0.15) is 40.8 Å². The largest absolute Gasteiger partial charge is 0.368 e. The number of thioether (sulfide) groups is 1. The number of aromatic nitrogens is 1. The lowest BCUT2D eigenvalue weighted by Gasteiger charge is -2.22. The first-order valence-corrected chi connectivity index (χ1v) is 9.93. The van der Waals surface area contributed by atoms with Gasteiger partial charge in [-0.3, -0.25) is 4.79 Å². The summed E-state index contributed by atoms with van der Waals surface area (Å²) in [5.41, 5.74) is 7.86. The number of carbonyl (C=O) groups is 1. The van der Waals surface area contributed by atoms with Gasteiger partial charge in [0, 0.05) is 13.1 Å². The molecule has 0 spiro atoms. The van der Waals surface area contributed by atoms with E-state index in [9.17, 15) is 15.3 Å². The zero-order chi connectivity index (χ0) is 20.1. The topological polar surface area (TPSA) is 107 Å². The maximum atomic E-state index is 12.1. The second-order valence-corrected chi connectivity index (χ2v) is 7.47. The average molecular weight is 390 g/mol. The Bertz CT molecular complexity index is 955. The van der Waals surface area contributed by atoms with E-state index in [4.69, 9.17) is 5.73 Å². The van der Waals surface area contributed by atoms with E-state index in [0.29, 0.717) is 40.5 Å². The van der Waals surface area contributed by atoms with Crippen molar-refractivity contribution in [1.29, 1.82) is 10.5 Å². The van der Waals surface area contributed by atoms with Crippen molar-refractivity contribution in [2.75, 3.05) is 18.0 Å². The molecule has 0 aliphatic carbocycles. The van der Waals surface area contributed by atoms with Crippen LogP contribution < -0.4 is 10.6 Å². The van der Waals surface area contributed by atoms with Crippen LogP contribution in [-0.4, -0.2) is 24.0 Å². The molecule has 1 radical (unpaired) electrons. The minimum Gasteiger partial charge on any atom is -0.368 e. The van der Waals surface area contributed by atoms with Crippen LogP contribution in [0.15, 0.2) is 35.4 Å². The minimum absolute atomic E-state index is 0.346. The third-order valence-corrected chi connectivity index (χ3v) is 5.93. The van der Waals surface area contributed by atoms with E-state index in [1.165, 1.54) is 11.8 Å². The highest BCUT2D eigenvalue weighted by molar-refractivity contribution is 8.00. The van der Waals surface area contributed by atoms with Crippen LogP contribution >= 0.6 is 11.8 Å². The number of primary amides is 1. The van der Waals surface area contributed by atoms with Gasteiger partial charge in [0.2, 0.25) is 5.91 Å². The van der Waals surface area contributed by atoms with E-state index in [0.717, 1.165) is 18.5 Å². The van der Waals surface area contributed by atoms with E-state index in [1.54, 1.807) is 0 Å². The molecule has 2 aromatic rings. The van der Waals surface area contributed by atoms with Gasteiger partial charge in [0.15, 0.2) is 0 Å². The molecule has 1 aromatic carbocycles. The normalized spacial score (nSPS) is 14.3. The van der Waals surface area contributed by atoms with Crippen molar-refractivity contribution in [2.45, 2.75) is 30.0 Å². The number of nitrogens with zero attached hydrogens (tertiary/aromatic N) is 4. The zero-order valence-corrected chi connectivity index (χ0v) is 16.4. The molecule has 6 nitrogen and oxygen atoms in total. The number of amides is 1. The Hall–Kier alpha value is -3.03. The Morgan fingerprint density at radius 1 is 1.29 bits per heavy atom. The molecule has 1 unspecified atom stereocenters. The van der Waals surface area contributed by atoms with E-state index >= 15 is 0 Å². The van der Waals surface area contributed by atoms with Gasteiger partial charge in [-0.15, -0.1) is 0 Å². The first-order chi connectivity index (χ1) is 13.6. The predicted octanol–water partition coefficient (Wildman–Crippen LogP) is 3.12. The fraction of sp³-hybridized carbons (Fsp3) is 0.286. The molecular formula is C21H20N5OS. The Kier molecular flexibility index (Phi) is 6.18. The molecule has 141 valence electrons. The van der Waals surface area contributed by atoms with Crippen molar-refractivity contribution in [3.63, 3.8) is 0 Å². The molecule has 7 heteroatoms. The van der Waals surface area contributed by atoms with Crippen molar-refractivity contribution in [3.8, 4) is 12.1 Å². The fourth-order valence-corrected chi connectivity index (χ4v) is 4.36. The molecule has 0 saturated carbocycles. The number of pyridine rings is 1. The van der Waals surface area contributed by atoms with Crippen molar-refractivity contribution >= 4 is 23.5 Å². The second kappa shape index (κ2) is 8.77. The van der Waals surface area contributed by atoms with Gasteiger partial charge in [0.25, 0.3) is 0 Å². The minimum atomic E-state index is -0.670. The standard InChI is InChI=1S/C21H20N5OS/c1-2-15-16(12-22)20(26-10-6-7-11-26)25-21(17(15)13-23)28-18(19(24)27)14-8-4-3-5-9-14/h3-6,8-9,18H,2,7,10-11H2,1H3,(H2,24,27). The van der Waals surface area contributed by atoms with E-state index in [-0.39, 0.29) is 0 Å². The lowest BCUT2D eigenvalue weighted by Crippen LogP contribution is -2.23. The highest BCUT2D eigenvalue weighted by atomic mass is 32.2. The van der Waals surface area contributed by atoms with Gasteiger partial charge in [0.1, 0.15) is 28.2 Å². The number of anilines is 1. The van der Waals surface area contributed by atoms with Crippen LogP contribution in [0.25, 0.3) is 0 Å². The van der Waals surface area contributed by atoms with Crippen LogP contribution in [0.2, 0.25) is 0 Å². The van der Waals surface area contributed by atoms with E-state index < -0.39 is 11.2 Å². The highest BCUT2D eigenvalue weighted by Crippen LogP contribution is 2.39. The summed E-state index contributed by atoms with van der Waals surface area (Å²) < 4.78 is 0. The Labute approximate surface area is 169 Å². The first-order valence-electron chi connectivity index (χ1n) is 9.05. The monoisotopic (exact) mass is 390 g/mol. The van der Waals surface area contributed by atoms with Crippen molar-refractivity contribution < 1.29 is 4.79 Å². The summed E-state index contributed by atoms with van der Waals surface area (Å²) in [6.07, 6.45) is 3.58. The summed E-state index contributed by atoms with van der Waals surface area (Å²) in [4.78, 5) is 18.8. The predicted molar refractivity (Wildman–Crippen MR) is 108 cm³/mol. The average Bonchev–Trinajstić information content (AvgIpc) is 3.25. The van der Waals surface area contributed by atoms with E-state index in [1.807, 2.05) is 42.2 Å². The van der Waals surface area contributed by atoms with Gasteiger partial charge in [-0.2, -0.15) is 10.5 Å². The molecule has 1 aliphatic heterocycles. The summed E-state index contributed by atoms with van der Waals surface area (Å²) in [7, 11) is 0. The first kappa shape index (κ1) is 19.7. The molecule has 1 aliphatic rings. The maximum absolute atomic E-state index is 12.1. The Morgan fingerprint density at radius 3 is 2.54 bits per heavy atom. The molecule has 1 atom stereocenters. The summed E-state index contributed by atoms with van der Waals surface area (Å²) in [5.74, 6) is 0.0752. The third kappa shape index (κ3) is 3.81. The number of hydrogen-bond donors (Lipinski definition) is 1. The summed E-state index contributed by atoms with van der Waals surface area (Å²) >= 11 is 1.17. The Balaban J connectivity index is 2.13. The van der Waals surface area contributed by atoms with Crippen LogP contribution in [0.3, 0.4) is 0 Å². The van der Waals surface area contributed by atoms with Crippen LogP contribution in [0, 0.1) is 29.1 Å². The zero-order valence-electron chi connectivity index (χ0n) is 15.6. The van der Waals surface area contributed by atoms with Gasteiger partial charge in [-0.25, -0.2) is 4.98 Å². The number of hydrogen-bond acceptors (Lipinski definition) is 6. The summed E-state index contributed by atoms with van der Waals surface area (Å²) in [6, 6.07) is 13.6. The molecule has 3 rings (SSSR count). The highest BCUT2D eigenvalue weighted by Gasteiger charge is 2.28. The van der Waals surface area contributed by atoms with Crippen molar-refractivity contribution in [2.24, 2.45) is 5.73 Å². The van der Waals surface area contributed by atoms with Gasteiger partial charge in [0.05, 0.1) is 11.1 Å². The Morgan fingerprint density at radius 2 is 2.00 bits per heavy atom. The molecule has 2 heterocycles. The fourth-order valence-electron chi connectivity index (χ4n) is 3.31. The van der Waals surface area contributed by atoms with Gasteiger partial charge in [-0.1, -0.05) is 49.0 Å². The lowest BCUT2D eigenvalue weighted by molar-refractivity contribution is -0.117. The molecule has 1 amide bonds. The van der Waals surface area contributed by atoms with Gasteiger partial charge in [-0.05, 0) is 30.4 Å². The third-order valence-electron chi connectivity index (χ3n) is 4.67.